The topological polar surface area (TPSA) is 82.9 Å². The van der Waals surface area contributed by atoms with E-state index < -0.39 is 0 Å². The third kappa shape index (κ3) is 7.94. The lowest BCUT2D eigenvalue weighted by Crippen LogP contribution is -2.23. The summed E-state index contributed by atoms with van der Waals surface area (Å²) in [5.74, 6) is -0.250. The maximum absolute atomic E-state index is 11.6. The lowest BCUT2D eigenvalue weighted by Gasteiger charge is -2.00. The Morgan fingerprint density at radius 3 is 1.56 bits per heavy atom. The standard InChI is InChI=1S/C18H18N4O2S/c23-17(21-19-11-15-7-3-1-4-8-15)13-25-14-18(24)22-20-12-16-9-5-2-6-10-16/h1-12H,13-14H2,(H,21,23)(H,22,24)/b19-11-,20-12+. The van der Waals surface area contributed by atoms with E-state index in [-0.39, 0.29) is 23.3 Å². The molecule has 0 atom stereocenters. The first-order valence-corrected chi connectivity index (χ1v) is 8.71. The van der Waals surface area contributed by atoms with Gasteiger partial charge in [0.2, 0.25) is 11.8 Å². The van der Waals surface area contributed by atoms with Crippen LogP contribution in [0.4, 0.5) is 0 Å². The lowest BCUT2D eigenvalue weighted by atomic mass is 10.2. The van der Waals surface area contributed by atoms with E-state index in [0.29, 0.717) is 0 Å². The van der Waals surface area contributed by atoms with Gasteiger partial charge in [0.1, 0.15) is 0 Å². The number of rotatable bonds is 8. The Hall–Kier alpha value is -2.93. The fraction of sp³-hybridized carbons (Fsp3) is 0.111. The molecule has 0 aliphatic carbocycles. The van der Waals surface area contributed by atoms with Crippen molar-refractivity contribution in [2.75, 3.05) is 11.5 Å². The van der Waals surface area contributed by atoms with Crippen molar-refractivity contribution in [3.63, 3.8) is 0 Å². The van der Waals surface area contributed by atoms with Crippen molar-refractivity contribution < 1.29 is 9.59 Å². The smallest absolute Gasteiger partial charge is 0.250 e. The van der Waals surface area contributed by atoms with Gasteiger partial charge in [0.15, 0.2) is 0 Å². The average Bonchev–Trinajstić information content (AvgIpc) is 2.63. The van der Waals surface area contributed by atoms with Crippen molar-refractivity contribution in [3.05, 3.63) is 71.8 Å². The summed E-state index contributed by atoms with van der Waals surface area (Å²) in [5.41, 5.74) is 6.62. The maximum Gasteiger partial charge on any atom is 0.250 e. The fourth-order valence-electron chi connectivity index (χ4n) is 1.74. The molecule has 0 aliphatic heterocycles. The van der Waals surface area contributed by atoms with E-state index in [1.807, 2.05) is 60.7 Å². The van der Waals surface area contributed by atoms with Gasteiger partial charge in [-0.1, -0.05) is 60.7 Å². The number of carbonyl (C=O) groups excluding carboxylic acids is 2. The van der Waals surface area contributed by atoms with Crippen molar-refractivity contribution >= 4 is 36.0 Å². The van der Waals surface area contributed by atoms with Gasteiger partial charge in [-0.05, 0) is 11.1 Å². The normalized spacial score (nSPS) is 10.9. The highest BCUT2D eigenvalue weighted by Gasteiger charge is 2.04. The molecule has 0 spiro atoms. The molecule has 2 aromatic rings. The Morgan fingerprint density at radius 2 is 1.16 bits per heavy atom. The Labute approximate surface area is 150 Å². The third-order valence-corrected chi connectivity index (χ3v) is 3.80. The number of nitrogens with one attached hydrogen (secondary N) is 2. The Kier molecular flexibility index (Phi) is 7.93. The number of thioether (sulfide) groups is 1. The minimum atomic E-state index is -0.266. The van der Waals surface area contributed by atoms with Crippen molar-refractivity contribution in [2.24, 2.45) is 10.2 Å². The van der Waals surface area contributed by atoms with Gasteiger partial charge in [0, 0.05) is 0 Å². The van der Waals surface area contributed by atoms with Crippen LogP contribution in [0.25, 0.3) is 0 Å². The molecule has 25 heavy (non-hydrogen) atoms. The van der Waals surface area contributed by atoms with E-state index in [0.717, 1.165) is 11.1 Å². The molecule has 0 radical (unpaired) electrons. The molecule has 0 unspecified atom stereocenters. The van der Waals surface area contributed by atoms with Crippen LogP contribution in [0.3, 0.4) is 0 Å². The Balaban J connectivity index is 1.59. The molecule has 0 saturated heterocycles. The first kappa shape index (κ1) is 18.4. The van der Waals surface area contributed by atoms with Crippen LogP contribution in [0.15, 0.2) is 70.9 Å². The van der Waals surface area contributed by atoms with Crippen LogP contribution >= 0.6 is 11.8 Å². The second-order valence-corrected chi connectivity index (χ2v) is 5.89. The molecule has 6 nitrogen and oxygen atoms in total. The summed E-state index contributed by atoms with van der Waals surface area (Å²) < 4.78 is 0. The lowest BCUT2D eigenvalue weighted by molar-refractivity contribution is -0.118. The zero-order chi connectivity index (χ0) is 17.7. The van der Waals surface area contributed by atoms with E-state index in [4.69, 9.17) is 0 Å². The first-order valence-electron chi connectivity index (χ1n) is 7.56. The second-order valence-electron chi connectivity index (χ2n) is 4.90. The van der Waals surface area contributed by atoms with E-state index in [2.05, 4.69) is 21.1 Å². The summed E-state index contributed by atoms with van der Waals surface area (Å²) in [5, 5.41) is 7.72. The van der Waals surface area contributed by atoms with E-state index in [9.17, 15) is 9.59 Å². The molecule has 7 heteroatoms. The molecule has 128 valence electrons. The van der Waals surface area contributed by atoms with Crippen LogP contribution in [0, 0.1) is 0 Å². The van der Waals surface area contributed by atoms with E-state index in [1.165, 1.54) is 11.8 Å². The maximum atomic E-state index is 11.6. The molecule has 0 heterocycles. The monoisotopic (exact) mass is 354 g/mol. The van der Waals surface area contributed by atoms with Gasteiger partial charge < -0.3 is 0 Å². The van der Waals surface area contributed by atoms with Gasteiger partial charge in [-0.3, -0.25) is 9.59 Å². The molecule has 0 saturated carbocycles. The van der Waals surface area contributed by atoms with Crippen LogP contribution in [0.2, 0.25) is 0 Å². The summed E-state index contributed by atoms with van der Waals surface area (Å²) in [6.07, 6.45) is 3.13. The predicted molar refractivity (Wildman–Crippen MR) is 102 cm³/mol. The number of hydrogen-bond donors (Lipinski definition) is 2. The van der Waals surface area contributed by atoms with E-state index >= 15 is 0 Å². The first-order chi connectivity index (χ1) is 12.2. The zero-order valence-corrected chi connectivity index (χ0v) is 14.3. The molecule has 0 bridgehead atoms. The van der Waals surface area contributed by atoms with Gasteiger partial charge >= 0.3 is 0 Å². The van der Waals surface area contributed by atoms with Crippen molar-refractivity contribution in [1.82, 2.24) is 10.9 Å². The zero-order valence-electron chi connectivity index (χ0n) is 13.5. The molecule has 0 fully saturated rings. The quantitative estimate of drug-likeness (QED) is 0.562. The molecule has 2 aromatic carbocycles. The number of hydrazone groups is 2. The van der Waals surface area contributed by atoms with Crippen molar-refractivity contribution in [2.45, 2.75) is 0 Å². The predicted octanol–water partition coefficient (Wildman–Crippen LogP) is 2.02. The highest BCUT2D eigenvalue weighted by molar-refractivity contribution is 8.00. The summed E-state index contributed by atoms with van der Waals surface area (Å²) in [7, 11) is 0. The summed E-state index contributed by atoms with van der Waals surface area (Å²) >= 11 is 1.19. The van der Waals surface area contributed by atoms with Gasteiger partial charge in [-0.2, -0.15) is 10.2 Å². The Bertz CT molecular complexity index is 670. The number of carbonyl (C=O) groups is 2. The highest BCUT2D eigenvalue weighted by atomic mass is 32.2. The highest BCUT2D eigenvalue weighted by Crippen LogP contribution is 1.99. The minimum Gasteiger partial charge on any atom is -0.272 e. The van der Waals surface area contributed by atoms with Gasteiger partial charge in [0.05, 0.1) is 23.9 Å². The minimum absolute atomic E-state index is 0.141. The van der Waals surface area contributed by atoms with Crippen LogP contribution in [-0.4, -0.2) is 35.7 Å². The number of hydrogen-bond acceptors (Lipinski definition) is 5. The molecule has 2 N–H and O–H groups in total. The molecule has 2 rings (SSSR count). The average molecular weight is 354 g/mol. The van der Waals surface area contributed by atoms with Gasteiger partial charge in [-0.15, -0.1) is 11.8 Å². The van der Waals surface area contributed by atoms with E-state index in [1.54, 1.807) is 12.4 Å². The molecule has 0 aliphatic rings. The largest absolute Gasteiger partial charge is 0.272 e. The second kappa shape index (κ2) is 10.8. The van der Waals surface area contributed by atoms with Crippen molar-refractivity contribution in [3.8, 4) is 0 Å². The molecule has 2 amide bonds. The number of amides is 2. The van der Waals surface area contributed by atoms with Gasteiger partial charge in [0.25, 0.3) is 0 Å². The number of benzene rings is 2. The van der Waals surface area contributed by atoms with Crippen LogP contribution < -0.4 is 10.9 Å². The summed E-state index contributed by atoms with van der Waals surface area (Å²) in [4.78, 5) is 23.2. The van der Waals surface area contributed by atoms with Crippen molar-refractivity contribution in [1.29, 1.82) is 0 Å². The van der Waals surface area contributed by atoms with Crippen LogP contribution in [0.1, 0.15) is 11.1 Å². The van der Waals surface area contributed by atoms with Crippen LogP contribution in [-0.2, 0) is 9.59 Å². The Morgan fingerprint density at radius 1 is 0.760 bits per heavy atom. The fourth-order valence-corrected chi connectivity index (χ4v) is 2.34. The third-order valence-electron chi connectivity index (χ3n) is 2.87. The molecule has 0 aromatic heterocycles. The molecular weight excluding hydrogens is 336 g/mol. The SMILES string of the molecule is O=C(CSCC(=O)N/N=C/c1ccccc1)N/N=C\c1ccccc1. The summed E-state index contributed by atoms with van der Waals surface area (Å²) in [6.45, 7) is 0. The van der Waals surface area contributed by atoms with Gasteiger partial charge in [-0.25, -0.2) is 10.9 Å². The van der Waals surface area contributed by atoms with Crippen LogP contribution in [0.5, 0.6) is 0 Å². The summed E-state index contributed by atoms with van der Waals surface area (Å²) in [6, 6.07) is 18.9. The molecular formula is C18H18N4O2S. The number of nitrogens with zero attached hydrogens (tertiary/aromatic N) is 2.